The van der Waals surface area contributed by atoms with E-state index in [1.807, 2.05) is 20.8 Å². The SMILES string of the molecule is COc1c(C(C)(C)C)cc(N=O)c(C)c1[N+](=O)[O-]. The second-order valence-corrected chi connectivity index (χ2v) is 5.05. The molecule has 6 heteroatoms. The number of ether oxygens (including phenoxy) is 1. The van der Waals surface area contributed by atoms with Gasteiger partial charge in [-0.05, 0) is 23.6 Å². The number of hydrogen-bond donors (Lipinski definition) is 0. The lowest BCUT2D eigenvalue weighted by Gasteiger charge is -2.22. The summed E-state index contributed by atoms with van der Waals surface area (Å²) in [6.45, 7) is 7.15. The zero-order chi connectivity index (χ0) is 14.1. The Morgan fingerprint density at radius 1 is 1.39 bits per heavy atom. The molecule has 0 saturated heterocycles. The van der Waals surface area contributed by atoms with Gasteiger partial charge in [-0.2, -0.15) is 0 Å². The van der Waals surface area contributed by atoms with Crippen molar-refractivity contribution in [3.05, 3.63) is 32.2 Å². The van der Waals surface area contributed by atoms with Gasteiger partial charge in [-0.15, -0.1) is 4.91 Å². The molecular weight excluding hydrogens is 236 g/mol. The topological polar surface area (TPSA) is 81.8 Å². The van der Waals surface area contributed by atoms with E-state index in [1.54, 1.807) is 6.07 Å². The van der Waals surface area contributed by atoms with E-state index >= 15 is 0 Å². The van der Waals surface area contributed by atoms with E-state index in [4.69, 9.17) is 4.74 Å². The van der Waals surface area contributed by atoms with Crippen LogP contribution in [0.5, 0.6) is 5.75 Å². The minimum Gasteiger partial charge on any atom is -0.490 e. The monoisotopic (exact) mass is 252 g/mol. The molecule has 1 rings (SSSR count). The largest absolute Gasteiger partial charge is 0.490 e. The highest BCUT2D eigenvalue weighted by Gasteiger charge is 2.30. The molecule has 0 radical (unpaired) electrons. The lowest BCUT2D eigenvalue weighted by Crippen LogP contribution is -2.14. The molecule has 0 aliphatic carbocycles. The van der Waals surface area contributed by atoms with Crippen molar-refractivity contribution in [3.8, 4) is 5.75 Å². The summed E-state index contributed by atoms with van der Waals surface area (Å²) in [5.41, 5.74) is 0.312. The Kier molecular flexibility index (Phi) is 3.69. The minimum atomic E-state index is -0.544. The third-order valence-corrected chi connectivity index (χ3v) is 2.77. The van der Waals surface area contributed by atoms with Gasteiger partial charge in [0.25, 0.3) is 0 Å². The first kappa shape index (κ1) is 14.1. The molecule has 98 valence electrons. The molecular formula is C12H16N2O4. The summed E-state index contributed by atoms with van der Waals surface area (Å²) >= 11 is 0. The maximum Gasteiger partial charge on any atom is 0.316 e. The van der Waals surface area contributed by atoms with Crippen LogP contribution in [0, 0.1) is 21.9 Å². The Morgan fingerprint density at radius 3 is 2.28 bits per heavy atom. The molecule has 0 amide bonds. The molecule has 0 bridgehead atoms. The van der Waals surface area contributed by atoms with E-state index in [0.29, 0.717) is 5.56 Å². The third-order valence-electron chi connectivity index (χ3n) is 2.77. The molecule has 18 heavy (non-hydrogen) atoms. The molecule has 6 nitrogen and oxygen atoms in total. The summed E-state index contributed by atoms with van der Waals surface area (Å²) in [5.74, 6) is 0.192. The van der Waals surface area contributed by atoms with Gasteiger partial charge in [0.05, 0.1) is 17.6 Å². The van der Waals surface area contributed by atoms with Crippen molar-refractivity contribution in [2.75, 3.05) is 7.11 Å². The molecule has 0 aromatic heterocycles. The second kappa shape index (κ2) is 4.72. The zero-order valence-electron chi connectivity index (χ0n) is 11.1. The summed E-state index contributed by atoms with van der Waals surface area (Å²) in [4.78, 5) is 21.4. The average Bonchev–Trinajstić information content (AvgIpc) is 2.25. The Morgan fingerprint density at radius 2 is 1.94 bits per heavy atom. The zero-order valence-corrected chi connectivity index (χ0v) is 11.1. The second-order valence-electron chi connectivity index (χ2n) is 5.05. The summed E-state index contributed by atoms with van der Waals surface area (Å²) < 4.78 is 5.16. The first-order chi connectivity index (χ1) is 8.23. The normalized spacial score (nSPS) is 11.2. The molecule has 0 saturated carbocycles. The van der Waals surface area contributed by atoms with Crippen LogP contribution >= 0.6 is 0 Å². The first-order valence-electron chi connectivity index (χ1n) is 5.43. The number of methoxy groups -OCH3 is 1. The van der Waals surface area contributed by atoms with Gasteiger partial charge in [0, 0.05) is 5.56 Å². The van der Waals surface area contributed by atoms with Crippen LogP contribution in [0.1, 0.15) is 31.9 Å². The molecule has 0 aliphatic rings. The van der Waals surface area contributed by atoms with Gasteiger partial charge in [-0.25, -0.2) is 0 Å². The van der Waals surface area contributed by atoms with E-state index in [9.17, 15) is 15.0 Å². The lowest BCUT2D eigenvalue weighted by atomic mass is 9.84. The Balaban J connectivity index is 3.79. The van der Waals surface area contributed by atoms with Crippen LogP contribution in [0.4, 0.5) is 11.4 Å². The Hall–Kier alpha value is -1.98. The molecule has 0 heterocycles. The Labute approximate surface area is 105 Å². The predicted octanol–water partition coefficient (Wildman–Crippen LogP) is 3.61. The number of nitroso groups, excluding NO2 is 1. The maximum absolute atomic E-state index is 11.1. The van der Waals surface area contributed by atoms with Crippen LogP contribution in [-0.4, -0.2) is 12.0 Å². The van der Waals surface area contributed by atoms with Gasteiger partial charge in [-0.1, -0.05) is 20.8 Å². The van der Waals surface area contributed by atoms with Gasteiger partial charge >= 0.3 is 5.69 Å². The van der Waals surface area contributed by atoms with Gasteiger partial charge in [0.1, 0.15) is 5.69 Å². The van der Waals surface area contributed by atoms with Gasteiger partial charge in [0.2, 0.25) is 5.75 Å². The van der Waals surface area contributed by atoms with Crippen LogP contribution in [0.2, 0.25) is 0 Å². The number of benzene rings is 1. The van der Waals surface area contributed by atoms with E-state index in [2.05, 4.69) is 5.18 Å². The quantitative estimate of drug-likeness (QED) is 0.467. The van der Waals surface area contributed by atoms with Crippen LogP contribution < -0.4 is 4.74 Å². The summed E-state index contributed by atoms with van der Waals surface area (Å²) in [6.07, 6.45) is 0. The van der Waals surface area contributed by atoms with Gasteiger partial charge < -0.3 is 4.74 Å². The number of nitro benzene ring substituents is 1. The highest BCUT2D eigenvalue weighted by molar-refractivity contribution is 5.68. The highest BCUT2D eigenvalue weighted by Crippen LogP contribution is 2.44. The smallest absolute Gasteiger partial charge is 0.316 e. The fourth-order valence-corrected chi connectivity index (χ4v) is 1.81. The van der Waals surface area contributed by atoms with Crippen molar-refractivity contribution in [1.29, 1.82) is 0 Å². The molecule has 0 N–H and O–H groups in total. The van der Waals surface area contributed by atoms with Crippen molar-refractivity contribution < 1.29 is 9.66 Å². The molecule has 0 fully saturated rings. The number of hydrogen-bond acceptors (Lipinski definition) is 5. The Bertz CT molecular complexity index is 504. The number of nitrogens with zero attached hydrogens (tertiary/aromatic N) is 2. The predicted molar refractivity (Wildman–Crippen MR) is 68.5 cm³/mol. The van der Waals surface area contributed by atoms with Gasteiger partial charge in [0.15, 0.2) is 0 Å². The summed E-state index contributed by atoms with van der Waals surface area (Å²) in [7, 11) is 1.38. The fraction of sp³-hybridized carbons (Fsp3) is 0.500. The molecule has 1 aromatic carbocycles. The van der Waals surface area contributed by atoms with Gasteiger partial charge in [-0.3, -0.25) is 10.1 Å². The standard InChI is InChI=1S/C12H16N2O4/c1-7-9(13-15)6-8(12(2,3)4)11(18-5)10(7)14(16)17/h6H,1-5H3. The van der Waals surface area contributed by atoms with Crippen molar-refractivity contribution >= 4 is 11.4 Å². The van der Waals surface area contributed by atoms with Crippen LogP contribution in [0.15, 0.2) is 11.2 Å². The minimum absolute atomic E-state index is 0.0763. The summed E-state index contributed by atoms with van der Waals surface area (Å²) in [6, 6.07) is 1.55. The van der Waals surface area contributed by atoms with E-state index < -0.39 is 4.92 Å². The van der Waals surface area contributed by atoms with Crippen LogP contribution in [0.3, 0.4) is 0 Å². The van der Waals surface area contributed by atoms with Crippen molar-refractivity contribution in [2.24, 2.45) is 5.18 Å². The lowest BCUT2D eigenvalue weighted by molar-refractivity contribution is -0.386. The molecule has 0 aliphatic heterocycles. The van der Waals surface area contributed by atoms with Crippen molar-refractivity contribution in [1.82, 2.24) is 0 Å². The molecule has 0 atom stereocenters. The fourth-order valence-electron chi connectivity index (χ4n) is 1.81. The van der Waals surface area contributed by atoms with E-state index in [0.717, 1.165) is 0 Å². The van der Waals surface area contributed by atoms with Crippen LogP contribution in [-0.2, 0) is 5.41 Å². The maximum atomic E-state index is 11.1. The highest BCUT2D eigenvalue weighted by atomic mass is 16.6. The molecule has 0 unspecified atom stereocenters. The van der Waals surface area contributed by atoms with Crippen molar-refractivity contribution in [2.45, 2.75) is 33.1 Å². The van der Waals surface area contributed by atoms with Crippen LogP contribution in [0.25, 0.3) is 0 Å². The third kappa shape index (κ3) is 2.32. The van der Waals surface area contributed by atoms with E-state index in [-0.39, 0.29) is 28.1 Å². The molecule has 1 aromatic rings. The average molecular weight is 252 g/mol. The van der Waals surface area contributed by atoms with Crippen molar-refractivity contribution in [3.63, 3.8) is 0 Å². The first-order valence-corrected chi connectivity index (χ1v) is 5.43. The molecule has 0 spiro atoms. The van der Waals surface area contributed by atoms with E-state index in [1.165, 1.54) is 14.0 Å². The summed E-state index contributed by atoms with van der Waals surface area (Å²) in [5, 5.41) is 14.0. The number of nitro groups is 1. The number of rotatable bonds is 3.